The van der Waals surface area contributed by atoms with Gasteiger partial charge >= 0.3 is 0 Å². The van der Waals surface area contributed by atoms with Crippen molar-refractivity contribution in [2.45, 2.75) is 39.7 Å². The molecule has 1 N–H and O–H groups in total. The Hall–Kier alpha value is -0.0500. The van der Waals surface area contributed by atoms with Gasteiger partial charge in [-0.05, 0) is 48.8 Å². The first-order valence-corrected chi connectivity index (χ1v) is 7.80. The van der Waals surface area contributed by atoms with Crippen molar-refractivity contribution in [1.82, 2.24) is 5.32 Å². The van der Waals surface area contributed by atoms with Crippen LogP contribution in [0.4, 0.5) is 0 Å². The molecule has 1 aliphatic rings. The molecule has 100 valence electrons. The van der Waals surface area contributed by atoms with Crippen molar-refractivity contribution >= 4 is 27.5 Å². The Bertz CT molecular complexity index is 427. The van der Waals surface area contributed by atoms with E-state index in [1.54, 1.807) is 0 Å². The molecule has 0 saturated heterocycles. The van der Waals surface area contributed by atoms with Crippen LogP contribution in [0.2, 0.25) is 5.02 Å². The number of hydrogen-bond donors (Lipinski definition) is 1. The summed E-state index contributed by atoms with van der Waals surface area (Å²) < 4.78 is 1.03. The zero-order chi connectivity index (χ0) is 13.3. The standard InChI is InChI=1S/C15H21BrClN/c1-10(2)15(6-7-15)9-18-11(3)13-5-4-12(16)8-14(13)17/h4-5,8,10-11,18H,6-7,9H2,1-3H3. The van der Waals surface area contributed by atoms with Crippen LogP contribution in [0, 0.1) is 11.3 Å². The van der Waals surface area contributed by atoms with Crippen molar-refractivity contribution in [2.75, 3.05) is 6.54 Å². The molecule has 0 amide bonds. The van der Waals surface area contributed by atoms with E-state index in [-0.39, 0.29) is 0 Å². The van der Waals surface area contributed by atoms with Gasteiger partial charge in [-0.2, -0.15) is 0 Å². The third-order valence-electron chi connectivity index (χ3n) is 4.31. The van der Waals surface area contributed by atoms with Crippen molar-refractivity contribution in [3.8, 4) is 0 Å². The predicted octanol–water partition coefficient (Wildman–Crippen LogP) is 5.19. The average molecular weight is 331 g/mol. The van der Waals surface area contributed by atoms with Crippen LogP contribution in [-0.2, 0) is 0 Å². The molecule has 3 heteroatoms. The van der Waals surface area contributed by atoms with Gasteiger partial charge in [0.05, 0.1) is 0 Å². The molecule has 1 unspecified atom stereocenters. The number of rotatable bonds is 5. The molecule has 18 heavy (non-hydrogen) atoms. The van der Waals surface area contributed by atoms with Crippen molar-refractivity contribution < 1.29 is 0 Å². The van der Waals surface area contributed by atoms with Gasteiger partial charge < -0.3 is 5.32 Å². The van der Waals surface area contributed by atoms with Crippen molar-refractivity contribution in [3.63, 3.8) is 0 Å². The molecule has 1 fully saturated rings. The highest BCUT2D eigenvalue weighted by Gasteiger charge is 2.44. The molecule has 0 radical (unpaired) electrons. The highest BCUT2D eigenvalue weighted by atomic mass is 79.9. The topological polar surface area (TPSA) is 12.0 Å². The Morgan fingerprint density at radius 3 is 2.50 bits per heavy atom. The van der Waals surface area contributed by atoms with Gasteiger partial charge in [-0.15, -0.1) is 0 Å². The molecule has 1 atom stereocenters. The monoisotopic (exact) mass is 329 g/mol. The van der Waals surface area contributed by atoms with Crippen LogP contribution in [0.25, 0.3) is 0 Å². The van der Waals surface area contributed by atoms with E-state index in [1.807, 2.05) is 6.07 Å². The molecule has 1 aromatic rings. The van der Waals surface area contributed by atoms with Crippen molar-refractivity contribution in [3.05, 3.63) is 33.3 Å². The van der Waals surface area contributed by atoms with Gasteiger partial charge in [0.15, 0.2) is 0 Å². The van der Waals surface area contributed by atoms with Gasteiger partial charge in [-0.25, -0.2) is 0 Å². The normalized spacial score (nSPS) is 19.0. The largest absolute Gasteiger partial charge is 0.310 e. The Kier molecular flexibility index (Phi) is 4.40. The maximum atomic E-state index is 6.28. The summed E-state index contributed by atoms with van der Waals surface area (Å²) in [6, 6.07) is 6.42. The first kappa shape index (κ1) is 14.4. The Morgan fingerprint density at radius 2 is 2.00 bits per heavy atom. The Labute approximate surface area is 123 Å². The van der Waals surface area contributed by atoms with E-state index in [0.717, 1.165) is 22.0 Å². The van der Waals surface area contributed by atoms with E-state index in [1.165, 1.54) is 18.4 Å². The van der Waals surface area contributed by atoms with Gasteiger partial charge in [0.1, 0.15) is 0 Å². The van der Waals surface area contributed by atoms with E-state index in [9.17, 15) is 0 Å². The summed E-state index contributed by atoms with van der Waals surface area (Å²) in [5.41, 5.74) is 1.72. The summed E-state index contributed by atoms with van der Waals surface area (Å²) in [7, 11) is 0. The summed E-state index contributed by atoms with van der Waals surface area (Å²) >= 11 is 9.72. The zero-order valence-electron chi connectivity index (χ0n) is 11.3. The highest BCUT2D eigenvalue weighted by Crippen LogP contribution is 2.51. The lowest BCUT2D eigenvalue weighted by atomic mass is 9.92. The molecule has 1 saturated carbocycles. The van der Waals surface area contributed by atoms with Crippen molar-refractivity contribution in [2.24, 2.45) is 11.3 Å². The minimum atomic E-state index is 0.307. The van der Waals surface area contributed by atoms with Crippen LogP contribution >= 0.6 is 27.5 Å². The van der Waals surface area contributed by atoms with E-state index in [4.69, 9.17) is 11.6 Å². The lowest BCUT2D eigenvalue weighted by Gasteiger charge is -2.24. The first-order chi connectivity index (χ1) is 8.44. The second-order valence-electron chi connectivity index (χ2n) is 5.79. The van der Waals surface area contributed by atoms with Crippen LogP contribution in [0.3, 0.4) is 0 Å². The lowest BCUT2D eigenvalue weighted by Crippen LogP contribution is -2.29. The van der Waals surface area contributed by atoms with E-state index < -0.39 is 0 Å². The van der Waals surface area contributed by atoms with Crippen molar-refractivity contribution in [1.29, 1.82) is 0 Å². The first-order valence-electron chi connectivity index (χ1n) is 6.63. The molecule has 1 aliphatic carbocycles. The maximum Gasteiger partial charge on any atom is 0.0464 e. The van der Waals surface area contributed by atoms with E-state index >= 15 is 0 Å². The number of hydrogen-bond acceptors (Lipinski definition) is 1. The summed E-state index contributed by atoms with van der Waals surface area (Å²) in [4.78, 5) is 0. The third-order valence-corrected chi connectivity index (χ3v) is 5.13. The Balaban J connectivity index is 1.98. The molecule has 0 heterocycles. The van der Waals surface area contributed by atoms with Crippen LogP contribution in [0.5, 0.6) is 0 Å². The summed E-state index contributed by atoms with van der Waals surface area (Å²) in [6.07, 6.45) is 2.72. The van der Waals surface area contributed by atoms with Crippen LogP contribution in [-0.4, -0.2) is 6.54 Å². The second-order valence-corrected chi connectivity index (χ2v) is 7.11. The molecular weight excluding hydrogens is 310 g/mol. The molecule has 2 rings (SSSR count). The third kappa shape index (κ3) is 3.09. The average Bonchev–Trinajstić information content (AvgIpc) is 3.07. The summed E-state index contributed by atoms with van der Waals surface area (Å²) in [6.45, 7) is 7.93. The molecule has 1 nitrogen and oxygen atoms in total. The molecule has 0 bridgehead atoms. The Morgan fingerprint density at radius 1 is 1.33 bits per heavy atom. The van der Waals surface area contributed by atoms with Gasteiger partial charge in [0, 0.05) is 22.1 Å². The smallest absolute Gasteiger partial charge is 0.0464 e. The van der Waals surface area contributed by atoms with E-state index in [0.29, 0.717) is 11.5 Å². The fourth-order valence-corrected chi connectivity index (χ4v) is 3.27. The number of nitrogens with one attached hydrogen (secondary N) is 1. The fraction of sp³-hybridized carbons (Fsp3) is 0.600. The molecular formula is C15H21BrClN. The molecule has 0 aromatic heterocycles. The van der Waals surface area contributed by atoms with Gasteiger partial charge in [0.2, 0.25) is 0 Å². The quantitative estimate of drug-likeness (QED) is 0.783. The second kappa shape index (κ2) is 5.52. The molecule has 0 aliphatic heterocycles. The fourth-order valence-electron chi connectivity index (χ4n) is 2.44. The van der Waals surface area contributed by atoms with Gasteiger partial charge in [-0.3, -0.25) is 0 Å². The van der Waals surface area contributed by atoms with Gasteiger partial charge in [-0.1, -0.05) is 47.4 Å². The molecule has 0 spiro atoms. The van der Waals surface area contributed by atoms with E-state index in [2.05, 4.69) is 54.2 Å². The minimum absolute atomic E-state index is 0.307. The summed E-state index contributed by atoms with van der Waals surface area (Å²) in [5, 5.41) is 4.48. The van der Waals surface area contributed by atoms with Gasteiger partial charge in [0.25, 0.3) is 0 Å². The molecule has 1 aromatic carbocycles. The number of halogens is 2. The number of benzene rings is 1. The summed E-state index contributed by atoms with van der Waals surface area (Å²) in [5.74, 6) is 0.762. The van der Waals surface area contributed by atoms with Crippen LogP contribution < -0.4 is 5.32 Å². The highest BCUT2D eigenvalue weighted by molar-refractivity contribution is 9.10. The lowest BCUT2D eigenvalue weighted by molar-refractivity contribution is 0.325. The predicted molar refractivity (Wildman–Crippen MR) is 82.1 cm³/mol. The SMILES string of the molecule is CC(NCC1(C(C)C)CC1)c1ccc(Br)cc1Cl. The minimum Gasteiger partial charge on any atom is -0.310 e. The maximum absolute atomic E-state index is 6.28. The zero-order valence-corrected chi connectivity index (χ0v) is 13.6. The van der Waals surface area contributed by atoms with Crippen LogP contribution in [0.1, 0.15) is 45.2 Å². The van der Waals surface area contributed by atoms with Crippen LogP contribution in [0.15, 0.2) is 22.7 Å².